The third-order valence-electron chi connectivity index (χ3n) is 3.26. The molecular weight excluding hydrogens is 307 g/mol. The lowest BCUT2D eigenvalue weighted by Crippen LogP contribution is -2.14. The van der Waals surface area contributed by atoms with Crippen molar-refractivity contribution in [1.29, 1.82) is 0 Å². The number of amides is 1. The SMILES string of the molecule is Cc1cc(C)c(NC(=O)c2cc(Cl)c(N)c(Cl)c2)c(C)c1. The van der Waals surface area contributed by atoms with Crippen LogP contribution in [-0.2, 0) is 0 Å². The van der Waals surface area contributed by atoms with Crippen LogP contribution in [-0.4, -0.2) is 5.91 Å². The van der Waals surface area contributed by atoms with Gasteiger partial charge in [0.15, 0.2) is 0 Å². The summed E-state index contributed by atoms with van der Waals surface area (Å²) in [5.41, 5.74) is 10.3. The van der Waals surface area contributed by atoms with Gasteiger partial charge in [0.2, 0.25) is 0 Å². The van der Waals surface area contributed by atoms with E-state index < -0.39 is 0 Å². The van der Waals surface area contributed by atoms with Crippen LogP contribution in [0.1, 0.15) is 27.0 Å². The quantitative estimate of drug-likeness (QED) is 0.783. The van der Waals surface area contributed by atoms with E-state index in [2.05, 4.69) is 5.32 Å². The molecule has 3 nitrogen and oxygen atoms in total. The molecule has 0 radical (unpaired) electrons. The lowest BCUT2D eigenvalue weighted by atomic mass is 10.0. The highest BCUT2D eigenvalue weighted by atomic mass is 35.5. The van der Waals surface area contributed by atoms with E-state index in [9.17, 15) is 4.79 Å². The van der Waals surface area contributed by atoms with Crippen molar-refractivity contribution in [3.8, 4) is 0 Å². The second-order valence-corrected chi connectivity index (χ2v) is 5.90. The minimum atomic E-state index is -0.270. The van der Waals surface area contributed by atoms with Crippen LogP contribution in [0.15, 0.2) is 24.3 Å². The molecule has 0 fully saturated rings. The maximum absolute atomic E-state index is 12.3. The first-order valence-corrected chi connectivity index (χ1v) is 7.19. The molecule has 0 unspecified atom stereocenters. The maximum Gasteiger partial charge on any atom is 0.255 e. The second-order valence-electron chi connectivity index (χ2n) is 5.08. The highest BCUT2D eigenvalue weighted by Crippen LogP contribution is 2.29. The van der Waals surface area contributed by atoms with E-state index in [0.29, 0.717) is 5.56 Å². The van der Waals surface area contributed by atoms with E-state index in [1.54, 1.807) is 0 Å². The number of nitrogens with two attached hydrogens (primary N) is 1. The van der Waals surface area contributed by atoms with E-state index in [1.165, 1.54) is 12.1 Å². The van der Waals surface area contributed by atoms with Crippen LogP contribution >= 0.6 is 23.2 Å². The van der Waals surface area contributed by atoms with E-state index in [1.807, 2.05) is 32.9 Å². The number of anilines is 2. The summed E-state index contributed by atoms with van der Waals surface area (Å²) >= 11 is 11.9. The van der Waals surface area contributed by atoms with Crippen molar-refractivity contribution in [3.05, 3.63) is 56.6 Å². The highest BCUT2D eigenvalue weighted by Gasteiger charge is 2.13. The minimum absolute atomic E-state index is 0.269. The molecule has 1 amide bonds. The van der Waals surface area contributed by atoms with Crippen molar-refractivity contribution >= 4 is 40.5 Å². The summed E-state index contributed by atoms with van der Waals surface area (Å²) in [5.74, 6) is -0.270. The number of hydrogen-bond acceptors (Lipinski definition) is 2. The average molecular weight is 323 g/mol. The van der Waals surface area contributed by atoms with Crippen LogP contribution < -0.4 is 11.1 Å². The number of nitrogen functional groups attached to an aromatic ring is 1. The Morgan fingerprint density at radius 2 is 1.48 bits per heavy atom. The molecule has 5 heteroatoms. The Kier molecular flexibility index (Phi) is 4.45. The molecule has 110 valence electrons. The third-order valence-corrected chi connectivity index (χ3v) is 3.88. The predicted octanol–water partition coefficient (Wildman–Crippen LogP) is 4.75. The number of carbonyl (C=O) groups is 1. The summed E-state index contributed by atoms with van der Waals surface area (Å²) in [7, 11) is 0. The normalized spacial score (nSPS) is 10.5. The summed E-state index contributed by atoms with van der Waals surface area (Å²) in [6.45, 7) is 5.93. The first kappa shape index (κ1) is 15.7. The Morgan fingerprint density at radius 3 is 1.95 bits per heavy atom. The Bertz CT molecular complexity index is 680. The van der Waals surface area contributed by atoms with E-state index in [0.717, 1.165) is 22.4 Å². The van der Waals surface area contributed by atoms with Crippen molar-refractivity contribution in [1.82, 2.24) is 0 Å². The van der Waals surface area contributed by atoms with Gasteiger partial charge in [-0.15, -0.1) is 0 Å². The number of halogens is 2. The second kappa shape index (κ2) is 5.96. The molecule has 0 aliphatic rings. The molecule has 21 heavy (non-hydrogen) atoms. The van der Waals surface area contributed by atoms with Gasteiger partial charge < -0.3 is 11.1 Å². The molecule has 2 rings (SSSR count). The fourth-order valence-electron chi connectivity index (χ4n) is 2.28. The minimum Gasteiger partial charge on any atom is -0.396 e. The molecule has 0 spiro atoms. The van der Waals surface area contributed by atoms with Gasteiger partial charge in [0.1, 0.15) is 0 Å². The number of benzene rings is 2. The first-order chi connectivity index (χ1) is 9.79. The van der Waals surface area contributed by atoms with Gasteiger partial charge in [-0.1, -0.05) is 40.9 Å². The number of carbonyl (C=O) groups excluding carboxylic acids is 1. The van der Waals surface area contributed by atoms with Gasteiger partial charge in [0.25, 0.3) is 5.91 Å². The van der Waals surface area contributed by atoms with E-state index in [-0.39, 0.29) is 21.6 Å². The molecule has 0 aliphatic heterocycles. The zero-order valence-electron chi connectivity index (χ0n) is 12.1. The zero-order chi connectivity index (χ0) is 15.7. The third kappa shape index (κ3) is 3.31. The largest absolute Gasteiger partial charge is 0.396 e. The molecule has 0 bridgehead atoms. The van der Waals surface area contributed by atoms with E-state index >= 15 is 0 Å². The van der Waals surface area contributed by atoms with Crippen LogP contribution in [0.5, 0.6) is 0 Å². The van der Waals surface area contributed by atoms with Crippen LogP contribution in [0, 0.1) is 20.8 Å². The standard InChI is InChI=1S/C16H16Cl2N2O/c1-8-4-9(2)15(10(3)5-8)20-16(21)11-6-12(17)14(19)13(18)7-11/h4-7H,19H2,1-3H3,(H,20,21). The van der Waals surface area contributed by atoms with Crippen molar-refractivity contribution in [2.45, 2.75) is 20.8 Å². The lowest BCUT2D eigenvalue weighted by Gasteiger charge is -2.13. The van der Waals surface area contributed by atoms with Gasteiger partial charge in [-0.25, -0.2) is 0 Å². The molecule has 0 aromatic heterocycles. The summed E-state index contributed by atoms with van der Waals surface area (Å²) in [6, 6.07) is 7.06. The van der Waals surface area contributed by atoms with Crippen molar-refractivity contribution in [2.75, 3.05) is 11.1 Å². The molecule has 3 N–H and O–H groups in total. The number of aryl methyl sites for hydroxylation is 3. The number of hydrogen-bond donors (Lipinski definition) is 2. The predicted molar refractivity (Wildman–Crippen MR) is 89.5 cm³/mol. The van der Waals surface area contributed by atoms with Gasteiger partial charge in [0.05, 0.1) is 15.7 Å². The Hall–Kier alpha value is -1.71. The smallest absolute Gasteiger partial charge is 0.255 e. The zero-order valence-corrected chi connectivity index (χ0v) is 13.6. The van der Waals surface area contributed by atoms with Gasteiger partial charge in [-0.05, 0) is 44.0 Å². The fraction of sp³-hybridized carbons (Fsp3) is 0.188. The molecule has 0 saturated carbocycles. The van der Waals surface area contributed by atoms with Crippen molar-refractivity contribution < 1.29 is 4.79 Å². The Morgan fingerprint density at radius 1 is 1.00 bits per heavy atom. The summed E-state index contributed by atoms with van der Waals surface area (Å²) in [6.07, 6.45) is 0. The first-order valence-electron chi connectivity index (χ1n) is 6.43. The average Bonchev–Trinajstić information content (AvgIpc) is 2.39. The molecule has 0 saturated heterocycles. The van der Waals surface area contributed by atoms with Crippen LogP contribution in [0.25, 0.3) is 0 Å². The Labute approximate surface area is 134 Å². The number of nitrogens with one attached hydrogen (secondary N) is 1. The van der Waals surface area contributed by atoms with Gasteiger partial charge in [-0.3, -0.25) is 4.79 Å². The summed E-state index contributed by atoms with van der Waals surface area (Å²) < 4.78 is 0. The molecule has 0 atom stereocenters. The Balaban J connectivity index is 2.35. The van der Waals surface area contributed by atoms with Crippen molar-refractivity contribution in [2.24, 2.45) is 0 Å². The van der Waals surface area contributed by atoms with Gasteiger partial charge in [-0.2, -0.15) is 0 Å². The van der Waals surface area contributed by atoms with Gasteiger partial charge in [0, 0.05) is 11.3 Å². The highest BCUT2D eigenvalue weighted by molar-refractivity contribution is 6.39. The van der Waals surface area contributed by atoms with Crippen LogP contribution in [0.4, 0.5) is 11.4 Å². The van der Waals surface area contributed by atoms with Gasteiger partial charge >= 0.3 is 0 Å². The molecule has 2 aromatic carbocycles. The molecular formula is C16H16Cl2N2O. The monoisotopic (exact) mass is 322 g/mol. The van der Waals surface area contributed by atoms with E-state index in [4.69, 9.17) is 28.9 Å². The topological polar surface area (TPSA) is 55.1 Å². The van der Waals surface area contributed by atoms with Crippen LogP contribution in [0.3, 0.4) is 0 Å². The van der Waals surface area contributed by atoms with Crippen LogP contribution in [0.2, 0.25) is 10.0 Å². The molecule has 0 heterocycles. The summed E-state index contributed by atoms with van der Waals surface area (Å²) in [4.78, 5) is 12.3. The van der Waals surface area contributed by atoms with Crippen molar-refractivity contribution in [3.63, 3.8) is 0 Å². The lowest BCUT2D eigenvalue weighted by molar-refractivity contribution is 0.102. The number of rotatable bonds is 2. The fourth-order valence-corrected chi connectivity index (χ4v) is 2.77. The molecule has 2 aromatic rings. The molecule has 0 aliphatic carbocycles. The summed E-state index contributed by atoms with van der Waals surface area (Å²) in [5, 5.41) is 3.44. The maximum atomic E-state index is 12.3.